The molecule has 0 radical (unpaired) electrons. The molecule has 2 fully saturated rings. The Morgan fingerprint density at radius 1 is 0.383 bits per heavy atom. The maximum Gasteiger partial charge on any atom is 0.251 e. The van der Waals surface area contributed by atoms with Crippen LogP contribution >= 0.6 is 0 Å². The molecule has 0 aromatic rings. The van der Waals surface area contributed by atoms with E-state index >= 15 is 0 Å². The molecule has 0 spiro atoms. The standard InChI is InChI=1S/C66H126N4O24/c1-3-5-7-9-11-13-15-17-19-21-23-25-27-31-37-69(39-35-67-63(89)57(85)55(83)61(45(75)41-71)93-65-59(87)53(81)51(79)47(43-73)91-65)49(77)33-29-30-34-50(78)70(38-32-28-26-24-22-20-18-16-14-12-10-8-6-4-2)40-36-68-64(90)58(86)56(84)62(46(76)42-72)94-66-60(88)54(82)52(80)48(44-74)92-66/h45-48,51-62,65-66,71-76,79-88H,3-44H2,1-2H3,(H,67,89)(H,68,90)/t45-,46-,47-,48-,51-,52-,53+,54+,55-,56-,57-,58-,59-,60-,61+,62+,65+,66+/m1/s1. The Kier molecular flexibility index (Phi) is 48.4. The molecule has 4 amide bonds. The normalized spacial score (nSPS) is 24.2. The largest absolute Gasteiger partial charge is 0.394 e. The lowest BCUT2D eigenvalue weighted by Gasteiger charge is -2.42. The third-order valence-electron chi connectivity index (χ3n) is 17.9. The molecule has 28 nitrogen and oxygen atoms in total. The number of carbonyl (C=O) groups is 4. The van der Waals surface area contributed by atoms with Gasteiger partial charge in [0.05, 0.1) is 26.4 Å². The summed E-state index contributed by atoms with van der Waals surface area (Å²) in [4.78, 5) is 57.6. The first-order chi connectivity index (χ1) is 45.1. The molecule has 0 saturated carbocycles. The third-order valence-corrected chi connectivity index (χ3v) is 17.9. The number of amides is 4. The lowest BCUT2D eigenvalue weighted by Crippen LogP contribution is -2.62. The molecule has 2 aliphatic heterocycles. The van der Waals surface area contributed by atoms with E-state index in [1.54, 1.807) is 9.80 Å². The van der Waals surface area contributed by atoms with Gasteiger partial charge < -0.3 is 121 Å². The molecule has 18 atom stereocenters. The molecule has 2 heterocycles. The Bertz CT molecular complexity index is 1810. The number of aliphatic hydroxyl groups is 16. The van der Waals surface area contributed by atoms with Crippen LogP contribution in [0.3, 0.4) is 0 Å². The minimum atomic E-state index is -2.31. The van der Waals surface area contributed by atoms with Gasteiger partial charge >= 0.3 is 0 Å². The molecule has 0 bridgehead atoms. The summed E-state index contributed by atoms with van der Waals surface area (Å²) in [6.07, 6.45) is -2.96. The first-order valence-corrected chi connectivity index (χ1v) is 35.5. The van der Waals surface area contributed by atoms with Crippen molar-refractivity contribution in [2.75, 3.05) is 65.7 Å². The number of rotatable bonds is 57. The van der Waals surface area contributed by atoms with E-state index in [1.165, 1.54) is 103 Å². The zero-order valence-electron chi connectivity index (χ0n) is 56.4. The van der Waals surface area contributed by atoms with Crippen LogP contribution in [0.1, 0.15) is 219 Å². The SMILES string of the molecule is CCCCCCCCCCCCCCCCN(CCNC(=O)[C@H](O)[C@@H](O)[C@@H](O[C@@H]1O[C@H](CO)[C@@H](O)[C@H](O)[C@H]1O)[C@H](O)CO)C(=O)CCCCC(=O)N(CCCCCCCCCCCCCCCC)CCNC(=O)[C@H](O)[C@@H](O)[C@@H](O[C@@H]1O[C@H](CO)[C@@H](O)[C@H](O)[C@H]1O)[C@H](O)CO. The van der Waals surface area contributed by atoms with Gasteiger partial charge in [0, 0.05) is 52.1 Å². The summed E-state index contributed by atoms with van der Waals surface area (Å²) in [6, 6.07) is 0. The summed E-state index contributed by atoms with van der Waals surface area (Å²) < 4.78 is 21.5. The molecule has 2 aliphatic rings. The Morgan fingerprint density at radius 2 is 0.660 bits per heavy atom. The highest BCUT2D eigenvalue weighted by Crippen LogP contribution is 2.28. The van der Waals surface area contributed by atoms with Gasteiger partial charge in [0.2, 0.25) is 11.8 Å². The monoisotopic (exact) mass is 1360 g/mol. The Morgan fingerprint density at radius 3 is 0.926 bits per heavy atom. The van der Waals surface area contributed by atoms with Crippen molar-refractivity contribution in [3.8, 4) is 0 Å². The molecule has 18 N–H and O–H groups in total. The maximum atomic E-state index is 14.0. The van der Waals surface area contributed by atoms with Gasteiger partial charge in [-0.25, -0.2) is 0 Å². The number of carbonyl (C=O) groups excluding carboxylic acids is 4. The van der Waals surface area contributed by atoms with Gasteiger partial charge in [0.25, 0.3) is 11.8 Å². The Balaban J connectivity index is 2.13. The Hall–Kier alpha value is -2.92. The summed E-state index contributed by atoms with van der Waals surface area (Å²) in [6.45, 7) is 0.852. The van der Waals surface area contributed by atoms with Gasteiger partial charge in [-0.2, -0.15) is 0 Å². The van der Waals surface area contributed by atoms with Crippen LogP contribution in [0.15, 0.2) is 0 Å². The van der Waals surface area contributed by atoms with Crippen molar-refractivity contribution in [1.82, 2.24) is 20.4 Å². The fraction of sp³-hybridized carbons (Fsp3) is 0.939. The molecular weight excluding hydrogens is 1230 g/mol. The first kappa shape index (κ1) is 87.2. The highest BCUT2D eigenvalue weighted by molar-refractivity contribution is 5.82. The maximum absolute atomic E-state index is 14.0. The van der Waals surface area contributed by atoms with Crippen molar-refractivity contribution in [3.63, 3.8) is 0 Å². The summed E-state index contributed by atoms with van der Waals surface area (Å²) >= 11 is 0. The van der Waals surface area contributed by atoms with Crippen LogP contribution in [-0.2, 0) is 38.1 Å². The Labute approximate surface area is 557 Å². The molecule has 0 aliphatic carbocycles. The zero-order chi connectivity index (χ0) is 69.8. The van der Waals surface area contributed by atoms with Crippen molar-refractivity contribution in [2.45, 2.75) is 330 Å². The van der Waals surface area contributed by atoms with Gasteiger partial charge in [-0.05, 0) is 25.7 Å². The van der Waals surface area contributed by atoms with Crippen molar-refractivity contribution in [2.24, 2.45) is 0 Å². The van der Waals surface area contributed by atoms with E-state index < -0.39 is 148 Å². The average Bonchev–Trinajstić information content (AvgIpc) is 0.885. The van der Waals surface area contributed by atoms with E-state index in [4.69, 9.17) is 18.9 Å². The van der Waals surface area contributed by atoms with E-state index in [1.807, 2.05) is 0 Å². The quantitative estimate of drug-likeness (QED) is 0.0354. The number of unbranched alkanes of at least 4 members (excludes halogenated alkanes) is 27. The molecule has 554 valence electrons. The summed E-state index contributed by atoms with van der Waals surface area (Å²) in [5, 5.41) is 171. The van der Waals surface area contributed by atoms with Crippen LogP contribution in [0.4, 0.5) is 0 Å². The number of nitrogens with zero attached hydrogens (tertiary/aromatic N) is 2. The third kappa shape index (κ3) is 33.3. The number of hydrogen-bond acceptors (Lipinski definition) is 24. The lowest BCUT2D eigenvalue weighted by molar-refractivity contribution is -0.326. The predicted octanol–water partition coefficient (Wildman–Crippen LogP) is -0.0808. The van der Waals surface area contributed by atoms with Gasteiger partial charge in [0.1, 0.15) is 85.5 Å². The molecule has 2 rings (SSSR count). The molecule has 0 aromatic carbocycles. The van der Waals surface area contributed by atoms with Crippen LogP contribution in [0.2, 0.25) is 0 Å². The van der Waals surface area contributed by atoms with Crippen LogP contribution in [0.25, 0.3) is 0 Å². The van der Waals surface area contributed by atoms with Crippen molar-refractivity contribution >= 4 is 23.6 Å². The highest BCUT2D eigenvalue weighted by Gasteiger charge is 2.49. The van der Waals surface area contributed by atoms with Crippen LogP contribution in [-0.4, -0.2) is 291 Å². The molecule has 28 heteroatoms. The zero-order valence-corrected chi connectivity index (χ0v) is 56.4. The molecule has 2 saturated heterocycles. The molecular formula is C66H126N4O24. The minimum Gasteiger partial charge on any atom is -0.394 e. The summed E-state index contributed by atoms with van der Waals surface area (Å²) in [7, 11) is 0. The van der Waals surface area contributed by atoms with Crippen molar-refractivity contribution in [1.29, 1.82) is 0 Å². The van der Waals surface area contributed by atoms with Gasteiger partial charge in [0.15, 0.2) is 24.8 Å². The number of hydrogen-bond donors (Lipinski definition) is 18. The van der Waals surface area contributed by atoms with E-state index in [9.17, 15) is 101 Å². The van der Waals surface area contributed by atoms with E-state index in [0.717, 1.165) is 64.2 Å². The molecule has 94 heavy (non-hydrogen) atoms. The van der Waals surface area contributed by atoms with Crippen molar-refractivity contribution < 1.29 is 120 Å². The van der Waals surface area contributed by atoms with Gasteiger partial charge in [-0.1, -0.05) is 181 Å². The van der Waals surface area contributed by atoms with Crippen LogP contribution < -0.4 is 10.6 Å². The highest BCUT2D eigenvalue weighted by atomic mass is 16.7. The molecule has 0 unspecified atom stereocenters. The molecule has 0 aromatic heterocycles. The lowest BCUT2D eigenvalue weighted by atomic mass is 9.98. The van der Waals surface area contributed by atoms with Gasteiger partial charge in [-0.3, -0.25) is 19.2 Å². The second kappa shape index (κ2) is 52.1. The topological polar surface area (TPSA) is 459 Å². The average molecular weight is 1360 g/mol. The first-order valence-electron chi connectivity index (χ1n) is 35.5. The predicted molar refractivity (Wildman–Crippen MR) is 346 cm³/mol. The smallest absolute Gasteiger partial charge is 0.251 e. The fourth-order valence-electron chi connectivity index (χ4n) is 11.8. The minimum absolute atomic E-state index is 0.0206. The summed E-state index contributed by atoms with van der Waals surface area (Å²) in [5.41, 5.74) is 0. The van der Waals surface area contributed by atoms with Crippen LogP contribution in [0.5, 0.6) is 0 Å². The number of nitrogens with one attached hydrogen (secondary N) is 2. The number of aliphatic hydroxyl groups excluding tert-OH is 16. The van der Waals surface area contributed by atoms with E-state index in [2.05, 4.69) is 24.5 Å². The van der Waals surface area contributed by atoms with Gasteiger partial charge in [-0.15, -0.1) is 0 Å². The van der Waals surface area contributed by atoms with Crippen LogP contribution in [0, 0.1) is 0 Å². The van der Waals surface area contributed by atoms with E-state index in [-0.39, 0.29) is 50.8 Å². The fourth-order valence-corrected chi connectivity index (χ4v) is 11.8. The number of ether oxygens (including phenoxy) is 4. The second-order valence-corrected chi connectivity index (χ2v) is 25.7. The second-order valence-electron chi connectivity index (χ2n) is 25.7. The van der Waals surface area contributed by atoms with E-state index in [0.29, 0.717) is 38.8 Å². The summed E-state index contributed by atoms with van der Waals surface area (Å²) in [5.74, 6) is -2.85. The van der Waals surface area contributed by atoms with Crippen molar-refractivity contribution in [3.05, 3.63) is 0 Å².